The summed E-state index contributed by atoms with van der Waals surface area (Å²) in [6, 6.07) is 0. The Hall–Kier alpha value is -1.52. The van der Waals surface area contributed by atoms with Gasteiger partial charge in [-0.3, -0.25) is 24.5 Å². The molecule has 0 atom stereocenters. The lowest BCUT2D eigenvalue weighted by Gasteiger charge is -1.79. The van der Waals surface area contributed by atoms with Crippen molar-refractivity contribution in [3.63, 3.8) is 0 Å². The summed E-state index contributed by atoms with van der Waals surface area (Å²) < 4.78 is 0. The van der Waals surface area contributed by atoms with Crippen LogP contribution >= 0.6 is 0 Å². The van der Waals surface area contributed by atoms with E-state index in [1.807, 2.05) is 0 Å². The second kappa shape index (κ2) is 4.64. The maximum absolute atomic E-state index is 10.2. The van der Waals surface area contributed by atoms with Crippen LogP contribution in [0.25, 0.3) is 0 Å². The van der Waals surface area contributed by atoms with Crippen LogP contribution in [-0.4, -0.2) is 23.4 Å². The molecule has 5 heteroatoms. The lowest BCUT2D eigenvalue weighted by molar-refractivity contribution is -0.125. The average molecular weight is 197 g/mol. The summed E-state index contributed by atoms with van der Waals surface area (Å²) in [4.78, 5) is 40.7. The molecule has 76 valence electrons. The summed E-state index contributed by atoms with van der Waals surface area (Å²) in [5, 5.41) is 2.14. The number of carbonyl (C=O) groups excluding carboxylic acids is 4. The number of amides is 2. The van der Waals surface area contributed by atoms with Gasteiger partial charge in [-0.25, -0.2) is 0 Å². The Labute approximate surface area is 80.8 Å². The fourth-order valence-corrected chi connectivity index (χ4v) is 1.18. The van der Waals surface area contributed by atoms with Gasteiger partial charge in [-0.2, -0.15) is 0 Å². The largest absolute Gasteiger partial charge is 0.299 e. The fraction of sp³-hybridized carbons (Fsp3) is 0.556. The number of ketones is 2. The van der Waals surface area contributed by atoms with Crippen molar-refractivity contribution in [3.05, 3.63) is 0 Å². The van der Waals surface area contributed by atoms with E-state index in [1.54, 1.807) is 0 Å². The molecule has 2 aliphatic rings. The quantitative estimate of drug-likeness (QED) is 0.428. The monoisotopic (exact) mass is 197 g/mol. The standard InChI is InChI=1S/C5H6O2.C4H5NO2/c6-4-1-2-5(7)3-4;6-3-1-2-4(7)5-3/h1-3H2;1-2H2,(H,5,6,7). The Balaban J connectivity index is 0.000000140. The highest BCUT2D eigenvalue weighted by molar-refractivity contribution is 6.05. The van der Waals surface area contributed by atoms with Crippen molar-refractivity contribution in [1.82, 2.24) is 5.32 Å². The molecule has 0 radical (unpaired) electrons. The van der Waals surface area contributed by atoms with E-state index < -0.39 is 0 Å². The number of nitrogens with one attached hydrogen (secondary N) is 1. The molecular weight excluding hydrogens is 186 g/mol. The minimum atomic E-state index is -0.148. The predicted molar refractivity (Wildman–Crippen MR) is 46.2 cm³/mol. The zero-order valence-electron chi connectivity index (χ0n) is 7.67. The lowest BCUT2D eigenvalue weighted by atomic mass is 10.3. The van der Waals surface area contributed by atoms with Crippen LogP contribution in [0.2, 0.25) is 0 Å². The van der Waals surface area contributed by atoms with Gasteiger partial charge in [-0.05, 0) is 0 Å². The minimum absolute atomic E-state index is 0.102. The van der Waals surface area contributed by atoms with E-state index in [-0.39, 0.29) is 29.8 Å². The molecule has 0 aromatic carbocycles. The van der Waals surface area contributed by atoms with Gasteiger partial charge in [0.25, 0.3) is 0 Å². The third-order valence-corrected chi connectivity index (χ3v) is 1.93. The van der Waals surface area contributed by atoms with Crippen molar-refractivity contribution in [2.24, 2.45) is 0 Å². The second-order valence-electron chi connectivity index (χ2n) is 3.23. The maximum Gasteiger partial charge on any atom is 0.227 e. The van der Waals surface area contributed by atoms with Gasteiger partial charge in [-0.1, -0.05) is 0 Å². The molecule has 14 heavy (non-hydrogen) atoms. The normalized spacial score (nSPS) is 20.6. The molecule has 2 fully saturated rings. The predicted octanol–water partition coefficient (Wildman–Crippen LogP) is -0.269. The lowest BCUT2D eigenvalue weighted by Crippen LogP contribution is -2.18. The molecule has 1 saturated heterocycles. The van der Waals surface area contributed by atoms with E-state index in [2.05, 4.69) is 5.32 Å². The molecule has 1 heterocycles. The highest BCUT2D eigenvalue weighted by Gasteiger charge is 2.17. The zero-order valence-corrected chi connectivity index (χ0v) is 7.67. The van der Waals surface area contributed by atoms with Gasteiger partial charge in [0.1, 0.15) is 11.6 Å². The van der Waals surface area contributed by atoms with Gasteiger partial charge in [0.15, 0.2) is 0 Å². The first-order chi connectivity index (χ1) is 6.58. The summed E-state index contributed by atoms with van der Waals surface area (Å²) >= 11 is 0. The highest BCUT2D eigenvalue weighted by Crippen LogP contribution is 2.07. The van der Waals surface area contributed by atoms with Crippen LogP contribution in [-0.2, 0) is 19.2 Å². The first-order valence-electron chi connectivity index (χ1n) is 4.44. The molecule has 0 aromatic rings. The van der Waals surface area contributed by atoms with Crippen LogP contribution in [0.4, 0.5) is 0 Å². The van der Waals surface area contributed by atoms with E-state index in [1.165, 1.54) is 0 Å². The maximum atomic E-state index is 10.2. The van der Waals surface area contributed by atoms with Crippen molar-refractivity contribution < 1.29 is 19.2 Å². The molecule has 2 amide bonds. The number of imide groups is 1. The summed E-state index contributed by atoms with van der Waals surface area (Å²) in [5.74, 6) is -0.0926. The van der Waals surface area contributed by atoms with Crippen LogP contribution in [0.3, 0.4) is 0 Å². The van der Waals surface area contributed by atoms with Crippen LogP contribution in [0, 0.1) is 0 Å². The van der Waals surface area contributed by atoms with Crippen LogP contribution in [0.1, 0.15) is 32.1 Å². The third-order valence-electron chi connectivity index (χ3n) is 1.93. The molecule has 0 bridgehead atoms. The smallest absolute Gasteiger partial charge is 0.227 e. The molecule has 0 spiro atoms. The van der Waals surface area contributed by atoms with E-state index in [0.717, 1.165) is 0 Å². The van der Waals surface area contributed by atoms with Gasteiger partial charge < -0.3 is 0 Å². The minimum Gasteiger partial charge on any atom is -0.299 e. The zero-order chi connectivity index (χ0) is 10.6. The highest BCUT2D eigenvalue weighted by atomic mass is 16.2. The van der Waals surface area contributed by atoms with E-state index in [9.17, 15) is 19.2 Å². The van der Waals surface area contributed by atoms with Crippen molar-refractivity contribution >= 4 is 23.4 Å². The summed E-state index contributed by atoms with van der Waals surface area (Å²) in [5.41, 5.74) is 0. The van der Waals surface area contributed by atoms with Crippen molar-refractivity contribution in [1.29, 1.82) is 0 Å². The number of hydrogen-bond donors (Lipinski definition) is 1. The Bertz CT molecular complexity index is 237. The molecule has 1 saturated carbocycles. The van der Waals surface area contributed by atoms with Crippen LogP contribution in [0.5, 0.6) is 0 Å². The number of hydrogen-bond acceptors (Lipinski definition) is 4. The average Bonchev–Trinajstić information content (AvgIpc) is 2.63. The van der Waals surface area contributed by atoms with Gasteiger partial charge in [-0.15, -0.1) is 0 Å². The molecule has 1 N–H and O–H groups in total. The molecule has 2 rings (SSSR count). The number of rotatable bonds is 0. The second-order valence-corrected chi connectivity index (χ2v) is 3.23. The van der Waals surface area contributed by atoms with Crippen LogP contribution in [0.15, 0.2) is 0 Å². The first kappa shape index (κ1) is 10.6. The molecule has 1 aliphatic heterocycles. The van der Waals surface area contributed by atoms with Crippen molar-refractivity contribution in [2.75, 3.05) is 0 Å². The number of Topliss-reactive ketones (excluding diaryl/α,β-unsaturated/α-hetero) is 2. The molecule has 1 aliphatic carbocycles. The van der Waals surface area contributed by atoms with Gasteiger partial charge >= 0.3 is 0 Å². The summed E-state index contributed by atoms with van der Waals surface area (Å²) in [6.07, 6.45) is 1.91. The molecular formula is C9H11NO4. The topological polar surface area (TPSA) is 80.3 Å². The molecule has 0 unspecified atom stereocenters. The van der Waals surface area contributed by atoms with E-state index in [0.29, 0.717) is 25.7 Å². The Morgan fingerprint density at radius 2 is 1.14 bits per heavy atom. The summed E-state index contributed by atoms with van der Waals surface area (Å²) in [7, 11) is 0. The van der Waals surface area contributed by atoms with E-state index >= 15 is 0 Å². The van der Waals surface area contributed by atoms with Gasteiger partial charge in [0, 0.05) is 25.7 Å². The van der Waals surface area contributed by atoms with Gasteiger partial charge in [0.2, 0.25) is 11.8 Å². The molecule has 0 aromatic heterocycles. The first-order valence-corrected chi connectivity index (χ1v) is 4.44. The van der Waals surface area contributed by atoms with E-state index in [4.69, 9.17) is 0 Å². The Kier molecular flexibility index (Phi) is 3.50. The Morgan fingerprint density at radius 1 is 0.714 bits per heavy atom. The molecule has 5 nitrogen and oxygen atoms in total. The third kappa shape index (κ3) is 3.47. The fourth-order valence-electron chi connectivity index (χ4n) is 1.18. The number of carbonyl (C=O) groups is 4. The van der Waals surface area contributed by atoms with Crippen LogP contribution < -0.4 is 5.32 Å². The van der Waals surface area contributed by atoms with Crippen molar-refractivity contribution in [3.8, 4) is 0 Å². The SMILES string of the molecule is O=C1CCC(=O)C1.O=C1CCC(=O)N1. The van der Waals surface area contributed by atoms with Crippen molar-refractivity contribution in [2.45, 2.75) is 32.1 Å². The Morgan fingerprint density at radius 3 is 1.29 bits per heavy atom. The van der Waals surface area contributed by atoms with Gasteiger partial charge in [0.05, 0.1) is 6.42 Å². The summed E-state index contributed by atoms with van der Waals surface area (Å²) in [6.45, 7) is 0.